The molecule has 4 aromatic carbocycles. The number of phenols is 1. The number of para-hydroxylation sites is 1. The summed E-state index contributed by atoms with van der Waals surface area (Å²) in [6.07, 6.45) is 3.22. The third kappa shape index (κ3) is 11.3. The quantitative estimate of drug-likeness (QED) is 0.122. The molecule has 0 radical (unpaired) electrons. The van der Waals surface area contributed by atoms with Crippen LogP contribution < -0.4 is 19.7 Å². The van der Waals surface area contributed by atoms with Crippen molar-refractivity contribution >= 4 is 102 Å². The number of nitrogens with zero attached hydrogens (tertiary/aromatic N) is 2. The van der Waals surface area contributed by atoms with Gasteiger partial charge in [0.05, 0.1) is 24.0 Å². The van der Waals surface area contributed by atoms with E-state index < -0.39 is 7.12 Å². The number of halogens is 2. The lowest BCUT2D eigenvalue weighted by atomic mass is 9.81. The summed E-state index contributed by atoms with van der Waals surface area (Å²) in [7, 11) is 4.56. The van der Waals surface area contributed by atoms with Crippen molar-refractivity contribution in [1.29, 1.82) is 0 Å². The number of benzene rings is 4. The summed E-state index contributed by atoms with van der Waals surface area (Å²) in [5.41, 5.74) is 1.83. The van der Waals surface area contributed by atoms with Crippen LogP contribution in [0.4, 0.5) is 9.59 Å². The molecule has 2 saturated heterocycles. The van der Waals surface area contributed by atoms with Crippen LogP contribution in [0.15, 0.2) is 104 Å². The number of imide groups is 2. The molecular weight excluding hydrogens is 867 g/mol. The normalized spacial score (nSPS) is 15.0. The highest BCUT2D eigenvalue weighted by atomic mass is 79.9. The lowest BCUT2D eigenvalue weighted by Gasteiger charge is -2.12. The summed E-state index contributed by atoms with van der Waals surface area (Å²) in [6, 6.07) is 24.6. The number of amides is 4. The van der Waals surface area contributed by atoms with Gasteiger partial charge in [0.2, 0.25) is 0 Å². The largest absolute Gasteiger partial charge is 0.504 e. The van der Waals surface area contributed by atoms with Crippen LogP contribution in [0.1, 0.15) is 18.6 Å². The van der Waals surface area contributed by atoms with Gasteiger partial charge in [-0.15, -0.1) is 0 Å². The fourth-order valence-electron chi connectivity index (χ4n) is 4.35. The van der Waals surface area contributed by atoms with Crippen molar-refractivity contribution < 1.29 is 48.5 Å². The minimum absolute atomic E-state index is 0. The van der Waals surface area contributed by atoms with Crippen molar-refractivity contribution in [3.63, 3.8) is 0 Å². The standard InChI is InChI=1S/C18H14BrNO4S.C12H10BrNO4S.C6H7BO2.CH4/c1-20-17(21)16(25-18(20)22)9-11-8-15(14(23-2)10-13(11)19)24-12-6-4-3-5-7-12;1-14-11(16)10(19-12(14)17)4-6-3-8(15)9(18-2)5-7(6)13;8-7(9)6-4-2-1-3-5-6;/h3-10H,1-2H3;3-5,15H,1-2H3;1-5,8-9H;1H4/b16-9-;10-4-;;. The van der Waals surface area contributed by atoms with Gasteiger partial charge in [-0.1, -0.05) is 87.8 Å². The monoisotopic (exact) mass is 900 g/mol. The Morgan fingerprint density at radius 2 is 1.11 bits per heavy atom. The van der Waals surface area contributed by atoms with Gasteiger partial charge in [0.15, 0.2) is 23.0 Å². The van der Waals surface area contributed by atoms with Crippen molar-refractivity contribution in [2.45, 2.75) is 7.43 Å². The van der Waals surface area contributed by atoms with E-state index >= 15 is 0 Å². The first-order chi connectivity index (χ1) is 25.2. The lowest BCUT2D eigenvalue weighted by molar-refractivity contribution is -0.122. The van der Waals surface area contributed by atoms with Crippen LogP contribution in [0.25, 0.3) is 12.2 Å². The fraction of sp³-hybridized carbons (Fsp3) is 0.135. The van der Waals surface area contributed by atoms with Gasteiger partial charge >= 0.3 is 7.12 Å². The maximum atomic E-state index is 12.1. The van der Waals surface area contributed by atoms with Gasteiger partial charge in [-0.2, -0.15) is 0 Å². The van der Waals surface area contributed by atoms with Gasteiger partial charge in [-0.3, -0.25) is 29.0 Å². The SMILES string of the molecule is C.COc1cc(Br)c(/C=C2\SC(=O)N(C)C2=O)cc1O.COc1cc(Br)c(/C=C2\SC(=O)N(C)C2=O)cc1Oc1ccccc1.OB(O)c1ccccc1. The van der Waals surface area contributed by atoms with Crippen LogP contribution in [-0.2, 0) is 9.59 Å². The van der Waals surface area contributed by atoms with Crippen LogP contribution in [0.5, 0.6) is 28.7 Å². The van der Waals surface area contributed by atoms with E-state index in [9.17, 15) is 24.3 Å². The Hall–Kier alpha value is -4.52. The second-order valence-electron chi connectivity index (χ2n) is 10.8. The van der Waals surface area contributed by atoms with Gasteiger partial charge < -0.3 is 29.4 Å². The van der Waals surface area contributed by atoms with Gasteiger partial charge in [-0.25, -0.2) is 0 Å². The molecule has 0 aliphatic carbocycles. The van der Waals surface area contributed by atoms with Gasteiger partial charge in [0.25, 0.3) is 22.3 Å². The van der Waals surface area contributed by atoms with Gasteiger partial charge in [0.1, 0.15) is 5.75 Å². The van der Waals surface area contributed by atoms with Crippen molar-refractivity contribution in [2.24, 2.45) is 0 Å². The van der Waals surface area contributed by atoms with E-state index in [0.29, 0.717) is 53.9 Å². The average Bonchev–Trinajstić information content (AvgIpc) is 3.54. The first kappa shape index (κ1) is 43.9. The Bertz CT molecular complexity index is 2070. The molecule has 0 unspecified atom stereocenters. The van der Waals surface area contributed by atoms with Crippen molar-refractivity contribution in [3.8, 4) is 28.7 Å². The highest BCUT2D eigenvalue weighted by Gasteiger charge is 2.33. The summed E-state index contributed by atoms with van der Waals surface area (Å²) in [5, 5.41) is 26.3. The zero-order chi connectivity index (χ0) is 38.8. The Balaban J connectivity index is 0.000000238. The summed E-state index contributed by atoms with van der Waals surface area (Å²) in [5.74, 6) is 1.36. The molecule has 54 heavy (non-hydrogen) atoms. The third-order valence-electron chi connectivity index (χ3n) is 7.20. The molecule has 0 bridgehead atoms. The van der Waals surface area contributed by atoms with E-state index in [0.717, 1.165) is 37.8 Å². The number of phenolic OH excluding ortho intramolecular Hbond substituents is 1. The van der Waals surface area contributed by atoms with Crippen molar-refractivity contribution in [2.75, 3.05) is 28.3 Å². The molecule has 3 N–H and O–H groups in total. The molecule has 0 saturated carbocycles. The molecular formula is C37H35BBr2N2O10S2. The summed E-state index contributed by atoms with van der Waals surface area (Å²) >= 11 is 8.57. The second-order valence-corrected chi connectivity index (χ2v) is 14.4. The van der Waals surface area contributed by atoms with E-state index in [1.54, 1.807) is 61.7 Å². The first-order valence-corrected chi connectivity index (χ1v) is 18.5. The lowest BCUT2D eigenvalue weighted by Crippen LogP contribution is -2.29. The minimum Gasteiger partial charge on any atom is -0.504 e. The first-order valence-electron chi connectivity index (χ1n) is 15.2. The maximum absolute atomic E-state index is 12.1. The maximum Gasteiger partial charge on any atom is 0.488 e. The molecule has 4 amide bonds. The van der Waals surface area contributed by atoms with Crippen molar-refractivity contribution in [3.05, 3.63) is 115 Å². The number of aromatic hydroxyl groups is 1. The number of methoxy groups -OCH3 is 2. The Kier molecular flexibility index (Phi) is 16.5. The number of carbonyl (C=O) groups is 4. The van der Waals surface area contributed by atoms with E-state index in [2.05, 4.69) is 31.9 Å². The zero-order valence-corrected chi connectivity index (χ0v) is 33.3. The minimum atomic E-state index is -1.34. The molecule has 2 heterocycles. The number of likely N-dealkylation sites (N-methyl/N-ethyl adjacent to an activating group) is 2. The molecule has 2 fully saturated rings. The smallest absolute Gasteiger partial charge is 0.488 e. The van der Waals surface area contributed by atoms with E-state index in [4.69, 9.17) is 24.3 Å². The summed E-state index contributed by atoms with van der Waals surface area (Å²) < 4.78 is 17.6. The molecule has 0 aromatic heterocycles. The number of rotatable bonds is 7. The zero-order valence-electron chi connectivity index (χ0n) is 28.5. The van der Waals surface area contributed by atoms with E-state index in [1.165, 1.54) is 27.3 Å². The Morgan fingerprint density at radius 3 is 1.52 bits per heavy atom. The van der Waals surface area contributed by atoms with E-state index in [1.807, 2.05) is 36.4 Å². The molecule has 12 nitrogen and oxygen atoms in total. The number of ether oxygens (including phenoxy) is 3. The van der Waals surface area contributed by atoms with E-state index in [-0.39, 0.29) is 35.5 Å². The van der Waals surface area contributed by atoms with Crippen LogP contribution in [-0.4, -0.2) is 82.7 Å². The van der Waals surface area contributed by atoms with Crippen molar-refractivity contribution in [1.82, 2.24) is 9.80 Å². The molecule has 2 aliphatic rings. The topological polar surface area (TPSA) is 163 Å². The Labute approximate surface area is 338 Å². The van der Waals surface area contributed by atoms with Crippen LogP contribution in [0.3, 0.4) is 0 Å². The summed E-state index contributed by atoms with van der Waals surface area (Å²) in [6.45, 7) is 0. The molecule has 4 aromatic rings. The highest BCUT2D eigenvalue weighted by molar-refractivity contribution is 9.10. The highest BCUT2D eigenvalue weighted by Crippen LogP contribution is 2.40. The predicted molar refractivity (Wildman–Crippen MR) is 220 cm³/mol. The third-order valence-corrected chi connectivity index (χ3v) is 10.5. The van der Waals surface area contributed by atoms with Crippen LogP contribution in [0.2, 0.25) is 0 Å². The summed E-state index contributed by atoms with van der Waals surface area (Å²) in [4.78, 5) is 49.7. The average molecular weight is 902 g/mol. The molecule has 17 heteroatoms. The number of carbonyl (C=O) groups excluding carboxylic acids is 4. The second kappa shape index (κ2) is 20.2. The van der Waals surface area contributed by atoms with Gasteiger partial charge in [-0.05, 0) is 88.7 Å². The molecule has 6 rings (SSSR count). The number of hydrogen-bond donors (Lipinski definition) is 3. The van der Waals surface area contributed by atoms with Crippen LogP contribution in [0, 0.1) is 0 Å². The molecule has 0 atom stereocenters. The Morgan fingerprint density at radius 1 is 0.667 bits per heavy atom. The van der Waals surface area contributed by atoms with Crippen LogP contribution >= 0.6 is 55.4 Å². The molecule has 0 spiro atoms. The fourth-order valence-corrected chi connectivity index (χ4v) is 6.86. The predicted octanol–water partition coefficient (Wildman–Crippen LogP) is 7.75. The molecule has 2 aliphatic heterocycles. The molecule has 282 valence electrons. The number of hydrogen-bond acceptors (Lipinski definition) is 12. The van der Waals surface area contributed by atoms with Gasteiger partial charge in [0, 0.05) is 23.0 Å². The number of thioether (sulfide) groups is 2.